The largest absolute Gasteiger partial charge is 0.324 e. The first kappa shape index (κ1) is 18.0. The van der Waals surface area contributed by atoms with E-state index in [4.69, 9.17) is 11.6 Å². The summed E-state index contributed by atoms with van der Waals surface area (Å²) in [6.07, 6.45) is 3.03. The highest BCUT2D eigenvalue weighted by Crippen LogP contribution is 2.56. The number of fused-ring (bicyclic) bond motifs is 5. The molecule has 138 valence electrons. The SMILES string of the molecule is Cc1c(NC(=O)[C@@H](C)N2C(=O)[C@@H]3[C@H]4CC[C@@H](C4)[C@@H]3C2=O)ccc(Br)c1Cl. The van der Waals surface area contributed by atoms with E-state index in [-0.39, 0.29) is 29.6 Å². The lowest BCUT2D eigenvalue weighted by Gasteiger charge is -2.24. The summed E-state index contributed by atoms with van der Waals surface area (Å²) in [7, 11) is 0. The fourth-order valence-corrected chi connectivity index (χ4v) is 5.55. The normalized spacial score (nSPS) is 30.7. The van der Waals surface area contributed by atoms with E-state index < -0.39 is 6.04 Å². The van der Waals surface area contributed by atoms with Crippen LogP contribution in [0.1, 0.15) is 31.7 Å². The van der Waals surface area contributed by atoms with E-state index in [0.717, 1.165) is 29.3 Å². The minimum absolute atomic E-state index is 0.166. The standard InChI is InChI=1S/C19H20BrClN2O3/c1-8-13(6-5-12(20)16(8)21)22-17(24)9(2)23-18(25)14-10-3-4-11(7-10)15(14)19(23)26/h5-6,9-11,14-15H,3-4,7H2,1-2H3,(H,22,24)/t9-,10+,11+,14-,15+/m1/s1. The molecular weight excluding hydrogens is 420 g/mol. The van der Waals surface area contributed by atoms with Gasteiger partial charge in [0.2, 0.25) is 17.7 Å². The highest BCUT2D eigenvalue weighted by atomic mass is 79.9. The fraction of sp³-hybridized carbons (Fsp3) is 0.526. The van der Waals surface area contributed by atoms with Gasteiger partial charge in [-0.15, -0.1) is 0 Å². The van der Waals surface area contributed by atoms with Crippen molar-refractivity contribution in [1.82, 2.24) is 4.90 Å². The Hall–Kier alpha value is -1.40. The van der Waals surface area contributed by atoms with Crippen LogP contribution in [-0.2, 0) is 14.4 Å². The molecule has 1 heterocycles. The molecule has 3 amide bonds. The van der Waals surface area contributed by atoms with Crippen LogP contribution in [-0.4, -0.2) is 28.7 Å². The first-order chi connectivity index (χ1) is 12.3. The van der Waals surface area contributed by atoms with Gasteiger partial charge in [0.1, 0.15) is 6.04 Å². The van der Waals surface area contributed by atoms with Crippen LogP contribution in [0.25, 0.3) is 0 Å². The van der Waals surface area contributed by atoms with Crippen LogP contribution in [0.15, 0.2) is 16.6 Å². The maximum atomic E-state index is 12.8. The molecule has 3 fully saturated rings. The van der Waals surface area contributed by atoms with Gasteiger partial charge < -0.3 is 5.32 Å². The van der Waals surface area contributed by atoms with Gasteiger partial charge in [-0.05, 0) is 78.6 Å². The Morgan fingerprint density at radius 1 is 1.23 bits per heavy atom. The van der Waals surface area contributed by atoms with Crippen LogP contribution in [0, 0.1) is 30.6 Å². The molecule has 2 aliphatic carbocycles. The molecule has 2 bridgehead atoms. The lowest BCUT2D eigenvalue weighted by Crippen LogP contribution is -2.46. The number of amides is 3. The van der Waals surface area contributed by atoms with Crippen molar-refractivity contribution < 1.29 is 14.4 Å². The van der Waals surface area contributed by atoms with Crippen molar-refractivity contribution in [1.29, 1.82) is 0 Å². The van der Waals surface area contributed by atoms with E-state index in [1.165, 1.54) is 4.90 Å². The number of likely N-dealkylation sites (tertiary alicyclic amines) is 1. The lowest BCUT2D eigenvalue weighted by atomic mass is 9.81. The first-order valence-electron chi connectivity index (χ1n) is 8.93. The number of nitrogens with zero attached hydrogens (tertiary/aromatic N) is 1. The molecular formula is C19H20BrClN2O3. The van der Waals surface area contributed by atoms with Crippen molar-refractivity contribution in [2.24, 2.45) is 23.7 Å². The molecule has 1 aromatic carbocycles. The number of halogens is 2. The summed E-state index contributed by atoms with van der Waals surface area (Å²) in [5, 5.41) is 3.33. The van der Waals surface area contributed by atoms with E-state index >= 15 is 0 Å². The Balaban J connectivity index is 1.54. The average molecular weight is 440 g/mol. The van der Waals surface area contributed by atoms with Crippen molar-refractivity contribution >= 4 is 50.9 Å². The molecule has 0 aromatic heterocycles. The predicted octanol–water partition coefficient (Wildman–Crippen LogP) is 3.77. The topological polar surface area (TPSA) is 66.5 Å². The van der Waals surface area contributed by atoms with Crippen molar-refractivity contribution in [2.45, 2.75) is 39.2 Å². The van der Waals surface area contributed by atoms with E-state index in [1.54, 1.807) is 19.1 Å². The third-order valence-corrected chi connectivity index (χ3v) is 7.70. The van der Waals surface area contributed by atoms with Crippen molar-refractivity contribution in [3.05, 3.63) is 27.2 Å². The van der Waals surface area contributed by atoms with Crippen LogP contribution in [0.5, 0.6) is 0 Å². The van der Waals surface area contributed by atoms with Gasteiger partial charge in [-0.3, -0.25) is 19.3 Å². The Morgan fingerprint density at radius 2 is 1.81 bits per heavy atom. The molecule has 5 nitrogen and oxygen atoms in total. The molecule has 3 aliphatic rings. The second-order valence-electron chi connectivity index (χ2n) is 7.63. The number of anilines is 1. The third-order valence-electron chi connectivity index (χ3n) is 6.33. The van der Waals surface area contributed by atoms with E-state index in [2.05, 4.69) is 21.2 Å². The minimum Gasteiger partial charge on any atom is -0.324 e. The number of hydrogen-bond donors (Lipinski definition) is 1. The maximum Gasteiger partial charge on any atom is 0.247 e. The highest BCUT2D eigenvalue weighted by Gasteiger charge is 2.62. The van der Waals surface area contributed by atoms with E-state index in [0.29, 0.717) is 22.5 Å². The average Bonchev–Trinajstić information content (AvgIpc) is 3.29. The first-order valence-corrected chi connectivity index (χ1v) is 10.1. The molecule has 0 radical (unpaired) electrons. The molecule has 4 rings (SSSR count). The summed E-state index contributed by atoms with van der Waals surface area (Å²) in [5.74, 6) is -0.495. The molecule has 0 spiro atoms. The Labute approximate surface area is 165 Å². The zero-order valence-electron chi connectivity index (χ0n) is 14.6. The summed E-state index contributed by atoms with van der Waals surface area (Å²) in [6.45, 7) is 3.42. The molecule has 7 heteroatoms. The number of carbonyl (C=O) groups excluding carboxylic acids is 3. The van der Waals surface area contributed by atoms with Crippen LogP contribution < -0.4 is 5.32 Å². The number of benzene rings is 1. The third kappa shape index (κ3) is 2.53. The summed E-state index contributed by atoms with van der Waals surface area (Å²) in [4.78, 5) is 39.6. The van der Waals surface area contributed by atoms with Crippen LogP contribution >= 0.6 is 27.5 Å². The second-order valence-corrected chi connectivity index (χ2v) is 8.86. The van der Waals surface area contributed by atoms with Gasteiger partial charge in [-0.1, -0.05) is 11.6 Å². The highest BCUT2D eigenvalue weighted by molar-refractivity contribution is 9.10. The van der Waals surface area contributed by atoms with Gasteiger partial charge in [0.25, 0.3) is 0 Å². The zero-order chi connectivity index (χ0) is 18.7. The van der Waals surface area contributed by atoms with Gasteiger partial charge in [0.05, 0.1) is 16.9 Å². The molecule has 0 unspecified atom stereocenters. The molecule has 2 saturated carbocycles. The fourth-order valence-electron chi connectivity index (χ4n) is 4.96. The number of imide groups is 1. The zero-order valence-corrected chi connectivity index (χ0v) is 16.9. The molecule has 1 aliphatic heterocycles. The van der Waals surface area contributed by atoms with Crippen LogP contribution in [0.4, 0.5) is 5.69 Å². The quantitative estimate of drug-likeness (QED) is 0.729. The van der Waals surface area contributed by atoms with Gasteiger partial charge >= 0.3 is 0 Å². The monoisotopic (exact) mass is 438 g/mol. The number of hydrogen-bond acceptors (Lipinski definition) is 3. The smallest absolute Gasteiger partial charge is 0.247 e. The van der Waals surface area contributed by atoms with Gasteiger partial charge in [-0.25, -0.2) is 0 Å². The molecule has 26 heavy (non-hydrogen) atoms. The van der Waals surface area contributed by atoms with Crippen LogP contribution in [0.2, 0.25) is 5.02 Å². The second kappa shape index (κ2) is 6.34. The number of nitrogens with one attached hydrogen (secondary N) is 1. The Bertz CT molecular complexity index is 799. The number of carbonyl (C=O) groups is 3. The van der Waals surface area contributed by atoms with Crippen molar-refractivity contribution in [3.63, 3.8) is 0 Å². The van der Waals surface area contributed by atoms with E-state index in [9.17, 15) is 14.4 Å². The van der Waals surface area contributed by atoms with Crippen molar-refractivity contribution in [2.75, 3.05) is 5.32 Å². The Morgan fingerprint density at radius 3 is 2.38 bits per heavy atom. The Kier molecular flexibility index (Phi) is 4.39. The predicted molar refractivity (Wildman–Crippen MR) is 102 cm³/mol. The minimum atomic E-state index is -0.832. The van der Waals surface area contributed by atoms with E-state index in [1.807, 2.05) is 6.92 Å². The van der Waals surface area contributed by atoms with Gasteiger partial charge in [0, 0.05) is 10.2 Å². The van der Waals surface area contributed by atoms with Gasteiger partial charge in [-0.2, -0.15) is 0 Å². The summed E-state index contributed by atoms with van der Waals surface area (Å²) < 4.78 is 0.746. The summed E-state index contributed by atoms with van der Waals surface area (Å²) >= 11 is 9.55. The molecule has 1 aromatic rings. The maximum absolute atomic E-state index is 12.8. The lowest BCUT2D eigenvalue weighted by molar-refractivity contribution is -0.146. The summed E-state index contributed by atoms with van der Waals surface area (Å²) in [5.41, 5.74) is 1.31. The van der Waals surface area contributed by atoms with Gasteiger partial charge in [0.15, 0.2) is 0 Å². The number of rotatable bonds is 3. The van der Waals surface area contributed by atoms with Crippen LogP contribution in [0.3, 0.4) is 0 Å². The van der Waals surface area contributed by atoms with Crippen molar-refractivity contribution in [3.8, 4) is 0 Å². The molecule has 1 saturated heterocycles. The molecule has 5 atom stereocenters. The molecule has 1 N–H and O–H groups in total. The summed E-state index contributed by atoms with van der Waals surface area (Å²) in [6, 6.07) is 2.67.